The van der Waals surface area contributed by atoms with Crippen molar-refractivity contribution in [3.05, 3.63) is 59.9 Å². The van der Waals surface area contributed by atoms with Crippen molar-refractivity contribution in [2.24, 2.45) is 0 Å². The summed E-state index contributed by atoms with van der Waals surface area (Å²) in [6.45, 7) is 2.23. The standard InChI is InChI=1S/C18H21N3O3/c1-14(22)21(12-16-4-3-9-19-10-16)13-18(23)20-11-15-5-7-17(24-2)8-6-15/h3-10H,11-13H2,1-2H3,(H,20,23). The molecule has 24 heavy (non-hydrogen) atoms. The van der Waals surface area contributed by atoms with Gasteiger partial charge < -0.3 is 15.0 Å². The summed E-state index contributed by atoms with van der Waals surface area (Å²) in [6, 6.07) is 11.1. The summed E-state index contributed by atoms with van der Waals surface area (Å²) in [5, 5.41) is 2.82. The fourth-order valence-electron chi connectivity index (χ4n) is 2.16. The Labute approximate surface area is 141 Å². The second-order valence-electron chi connectivity index (χ2n) is 5.36. The van der Waals surface area contributed by atoms with E-state index in [0.29, 0.717) is 13.1 Å². The fraction of sp³-hybridized carbons (Fsp3) is 0.278. The molecule has 1 N–H and O–H groups in total. The summed E-state index contributed by atoms with van der Waals surface area (Å²) < 4.78 is 5.09. The van der Waals surface area contributed by atoms with Crippen molar-refractivity contribution in [2.75, 3.05) is 13.7 Å². The highest BCUT2D eigenvalue weighted by atomic mass is 16.5. The Hall–Kier alpha value is -2.89. The number of rotatable bonds is 7. The third-order valence-electron chi connectivity index (χ3n) is 3.52. The van der Waals surface area contributed by atoms with Crippen molar-refractivity contribution in [1.82, 2.24) is 15.2 Å². The molecule has 0 atom stereocenters. The van der Waals surface area contributed by atoms with Crippen molar-refractivity contribution < 1.29 is 14.3 Å². The molecule has 0 aliphatic heterocycles. The molecule has 2 aromatic rings. The average molecular weight is 327 g/mol. The number of nitrogens with zero attached hydrogens (tertiary/aromatic N) is 2. The molecule has 0 aliphatic carbocycles. The lowest BCUT2D eigenvalue weighted by atomic mass is 10.2. The molecule has 1 heterocycles. The van der Waals surface area contributed by atoms with Crippen LogP contribution in [0.4, 0.5) is 0 Å². The normalized spacial score (nSPS) is 10.1. The van der Waals surface area contributed by atoms with Crippen LogP contribution in [0.15, 0.2) is 48.8 Å². The molecule has 6 heteroatoms. The molecular weight excluding hydrogens is 306 g/mol. The van der Waals surface area contributed by atoms with Crippen LogP contribution in [0.1, 0.15) is 18.1 Å². The van der Waals surface area contributed by atoms with Crippen LogP contribution in [-0.2, 0) is 22.7 Å². The number of aromatic nitrogens is 1. The number of amides is 2. The van der Waals surface area contributed by atoms with E-state index in [4.69, 9.17) is 4.74 Å². The first-order valence-electron chi connectivity index (χ1n) is 7.62. The van der Waals surface area contributed by atoms with Crippen molar-refractivity contribution >= 4 is 11.8 Å². The zero-order valence-corrected chi connectivity index (χ0v) is 13.9. The summed E-state index contributed by atoms with van der Waals surface area (Å²) in [5.74, 6) is 0.410. The molecule has 2 amide bonds. The summed E-state index contributed by atoms with van der Waals surface area (Å²) in [7, 11) is 1.61. The minimum absolute atomic E-state index is 0.0143. The molecule has 0 spiro atoms. The molecule has 126 valence electrons. The maximum absolute atomic E-state index is 12.1. The average Bonchev–Trinajstić information content (AvgIpc) is 2.60. The van der Waals surface area contributed by atoms with Gasteiger partial charge in [0.1, 0.15) is 5.75 Å². The molecule has 0 fully saturated rings. The van der Waals surface area contributed by atoms with Gasteiger partial charge in [-0.2, -0.15) is 0 Å². The maximum Gasteiger partial charge on any atom is 0.239 e. The Bertz CT molecular complexity index is 672. The molecule has 1 aromatic heterocycles. The Balaban J connectivity index is 1.87. The maximum atomic E-state index is 12.1. The minimum Gasteiger partial charge on any atom is -0.497 e. The van der Waals surface area contributed by atoms with Crippen molar-refractivity contribution in [1.29, 1.82) is 0 Å². The predicted molar refractivity (Wildman–Crippen MR) is 90.2 cm³/mol. The Kier molecular flexibility index (Phi) is 6.31. The van der Waals surface area contributed by atoms with Crippen LogP contribution in [0.2, 0.25) is 0 Å². The largest absolute Gasteiger partial charge is 0.497 e. The second-order valence-corrected chi connectivity index (χ2v) is 5.36. The summed E-state index contributed by atoms with van der Waals surface area (Å²) in [4.78, 5) is 29.3. The van der Waals surface area contributed by atoms with Crippen LogP contribution in [0, 0.1) is 0 Å². The number of carbonyl (C=O) groups is 2. The first-order chi connectivity index (χ1) is 11.6. The lowest BCUT2D eigenvalue weighted by Gasteiger charge is -2.20. The molecule has 0 saturated carbocycles. The van der Waals surface area contributed by atoms with Gasteiger partial charge in [-0.25, -0.2) is 0 Å². The first-order valence-corrected chi connectivity index (χ1v) is 7.62. The number of pyridine rings is 1. The highest BCUT2D eigenvalue weighted by Crippen LogP contribution is 2.11. The van der Waals surface area contributed by atoms with E-state index in [1.54, 1.807) is 25.6 Å². The van der Waals surface area contributed by atoms with Crippen LogP contribution in [-0.4, -0.2) is 35.4 Å². The molecule has 1 aromatic carbocycles. The van der Waals surface area contributed by atoms with E-state index in [1.807, 2.05) is 30.3 Å². The van der Waals surface area contributed by atoms with Crippen LogP contribution < -0.4 is 10.1 Å². The van der Waals surface area contributed by atoms with Gasteiger partial charge in [0.05, 0.1) is 13.7 Å². The minimum atomic E-state index is -0.204. The molecular formula is C18H21N3O3. The molecule has 0 saturated heterocycles. The number of carbonyl (C=O) groups excluding carboxylic acids is 2. The number of ether oxygens (including phenoxy) is 1. The molecule has 0 bridgehead atoms. The quantitative estimate of drug-likeness (QED) is 0.841. The van der Waals surface area contributed by atoms with Gasteiger partial charge in [-0.1, -0.05) is 18.2 Å². The predicted octanol–water partition coefficient (Wildman–Crippen LogP) is 1.76. The van der Waals surface area contributed by atoms with Gasteiger partial charge in [0.25, 0.3) is 0 Å². The summed E-state index contributed by atoms with van der Waals surface area (Å²) in [5.41, 5.74) is 1.85. The number of benzene rings is 1. The Morgan fingerprint density at radius 1 is 1.17 bits per heavy atom. The number of methoxy groups -OCH3 is 1. The smallest absolute Gasteiger partial charge is 0.239 e. The summed E-state index contributed by atoms with van der Waals surface area (Å²) >= 11 is 0. The summed E-state index contributed by atoms with van der Waals surface area (Å²) in [6.07, 6.45) is 3.36. The number of nitrogens with one attached hydrogen (secondary N) is 1. The lowest BCUT2D eigenvalue weighted by Crippen LogP contribution is -2.39. The molecule has 0 radical (unpaired) electrons. The van der Waals surface area contributed by atoms with Crippen LogP contribution in [0.3, 0.4) is 0 Å². The highest BCUT2D eigenvalue weighted by Gasteiger charge is 2.14. The third kappa shape index (κ3) is 5.39. The van der Waals surface area contributed by atoms with E-state index in [2.05, 4.69) is 10.3 Å². The van der Waals surface area contributed by atoms with E-state index < -0.39 is 0 Å². The fourth-order valence-corrected chi connectivity index (χ4v) is 2.16. The number of hydrogen-bond donors (Lipinski definition) is 1. The Morgan fingerprint density at radius 3 is 2.50 bits per heavy atom. The SMILES string of the molecule is COc1ccc(CNC(=O)CN(Cc2cccnc2)C(C)=O)cc1. The van der Waals surface area contributed by atoms with E-state index >= 15 is 0 Å². The Morgan fingerprint density at radius 2 is 1.92 bits per heavy atom. The van der Waals surface area contributed by atoms with Gasteiger partial charge in [-0.05, 0) is 29.3 Å². The first kappa shape index (κ1) is 17.5. The highest BCUT2D eigenvalue weighted by molar-refractivity contribution is 5.83. The van der Waals surface area contributed by atoms with E-state index in [1.165, 1.54) is 11.8 Å². The monoisotopic (exact) mass is 327 g/mol. The third-order valence-corrected chi connectivity index (χ3v) is 3.52. The lowest BCUT2D eigenvalue weighted by molar-refractivity contribution is -0.135. The van der Waals surface area contributed by atoms with E-state index in [-0.39, 0.29) is 18.4 Å². The van der Waals surface area contributed by atoms with Crippen LogP contribution in [0.25, 0.3) is 0 Å². The van der Waals surface area contributed by atoms with Gasteiger partial charge in [-0.15, -0.1) is 0 Å². The van der Waals surface area contributed by atoms with Crippen LogP contribution in [0.5, 0.6) is 5.75 Å². The molecule has 2 rings (SSSR count). The van der Waals surface area contributed by atoms with Crippen molar-refractivity contribution in [2.45, 2.75) is 20.0 Å². The van der Waals surface area contributed by atoms with Crippen molar-refractivity contribution in [3.63, 3.8) is 0 Å². The van der Waals surface area contributed by atoms with Gasteiger partial charge in [0.15, 0.2) is 0 Å². The van der Waals surface area contributed by atoms with Gasteiger partial charge >= 0.3 is 0 Å². The van der Waals surface area contributed by atoms with E-state index in [0.717, 1.165) is 16.9 Å². The zero-order valence-electron chi connectivity index (χ0n) is 13.9. The topological polar surface area (TPSA) is 71.5 Å². The number of hydrogen-bond acceptors (Lipinski definition) is 4. The second kappa shape index (κ2) is 8.67. The van der Waals surface area contributed by atoms with Crippen molar-refractivity contribution in [3.8, 4) is 5.75 Å². The van der Waals surface area contributed by atoms with Gasteiger partial charge in [0.2, 0.25) is 11.8 Å². The molecule has 6 nitrogen and oxygen atoms in total. The molecule has 0 aliphatic rings. The zero-order chi connectivity index (χ0) is 17.4. The van der Waals surface area contributed by atoms with Gasteiger partial charge in [0, 0.05) is 32.4 Å². The molecule has 0 unspecified atom stereocenters. The van der Waals surface area contributed by atoms with E-state index in [9.17, 15) is 9.59 Å². The van der Waals surface area contributed by atoms with Gasteiger partial charge in [-0.3, -0.25) is 14.6 Å². The van der Waals surface area contributed by atoms with Crippen LogP contribution >= 0.6 is 0 Å².